The zero-order chi connectivity index (χ0) is 9.14. The van der Waals surface area contributed by atoms with E-state index in [0.717, 1.165) is 0 Å². The molecule has 1 aromatic rings. The molecule has 0 spiro atoms. The van der Waals surface area contributed by atoms with Crippen molar-refractivity contribution in [3.63, 3.8) is 0 Å². The smallest absolute Gasteiger partial charge is 0.340 e. The predicted octanol–water partition coefficient (Wildman–Crippen LogP) is 1.21. The number of ether oxygens (including phenoxy) is 1. The van der Waals surface area contributed by atoms with E-state index in [0.29, 0.717) is 15.9 Å². The minimum Gasteiger partial charge on any atom is -0.465 e. The van der Waals surface area contributed by atoms with Gasteiger partial charge in [-0.3, -0.25) is 0 Å². The average Bonchev–Trinajstić information content (AvgIpc) is 2.08. The van der Waals surface area contributed by atoms with E-state index in [9.17, 15) is 4.79 Å². The van der Waals surface area contributed by atoms with Crippen molar-refractivity contribution in [1.82, 2.24) is 4.98 Å². The number of rotatable bonds is 1. The molecule has 0 amide bonds. The van der Waals surface area contributed by atoms with Crippen molar-refractivity contribution >= 4 is 27.6 Å². The molecular weight excluding hydrogens is 224 g/mol. The summed E-state index contributed by atoms with van der Waals surface area (Å²) >= 11 is 3.10. The molecule has 1 aromatic heterocycles. The molecule has 12 heavy (non-hydrogen) atoms. The molecule has 0 saturated heterocycles. The lowest BCUT2D eigenvalue weighted by Crippen LogP contribution is -2.04. The Morgan fingerprint density at radius 3 is 3.00 bits per heavy atom. The van der Waals surface area contributed by atoms with Gasteiger partial charge in [0.1, 0.15) is 4.60 Å². The number of hydrogen-bond acceptors (Lipinski definition) is 4. The Bertz CT molecular complexity index is 314. The van der Waals surface area contributed by atoms with Crippen LogP contribution >= 0.6 is 15.9 Å². The van der Waals surface area contributed by atoms with Gasteiger partial charge in [-0.15, -0.1) is 0 Å². The van der Waals surface area contributed by atoms with Gasteiger partial charge >= 0.3 is 5.97 Å². The van der Waals surface area contributed by atoms with Gasteiger partial charge in [0.05, 0.1) is 24.6 Å². The number of hydrogen-bond donors (Lipinski definition) is 1. The molecule has 0 aliphatic rings. The molecule has 64 valence electrons. The maximum atomic E-state index is 11.0. The first-order valence-corrected chi connectivity index (χ1v) is 3.93. The molecule has 1 heterocycles. The van der Waals surface area contributed by atoms with Crippen LogP contribution in [0.1, 0.15) is 10.4 Å². The summed E-state index contributed by atoms with van der Waals surface area (Å²) in [5, 5.41) is 0. The first-order valence-electron chi connectivity index (χ1n) is 3.14. The lowest BCUT2D eigenvalue weighted by molar-refractivity contribution is 0.0599. The molecule has 1 rings (SSSR count). The molecule has 2 N–H and O–H groups in total. The maximum Gasteiger partial charge on any atom is 0.340 e. The quantitative estimate of drug-likeness (QED) is 0.582. The molecule has 0 unspecified atom stereocenters. The largest absolute Gasteiger partial charge is 0.465 e. The van der Waals surface area contributed by atoms with Gasteiger partial charge in [-0.1, -0.05) is 0 Å². The summed E-state index contributed by atoms with van der Waals surface area (Å²) in [5.41, 5.74) is 6.19. The fraction of sp³-hybridized carbons (Fsp3) is 0.143. The van der Waals surface area contributed by atoms with E-state index < -0.39 is 5.97 Å². The number of halogens is 1. The molecule has 0 saturated carbocycles. The Morgan fingerprint density at radius 2 is 2.42 bits per heavy atom. The van der Waals surface area contributed by atoms with Gasteiger partial charge in [0.25, 0.3) is 0 Å². The summed E-state index contributed by atoms with van der Waals surface area (Å²) < 4.78 is 4.94. The molecule has 5 heteroatoms. The number of carbonyl (C=O) groups is 1. The van der Waals surface area contributed by atoms with Crippen LogP contribution in [0.25, 0.3) is 0 Å². The third-order valence-electron chi connectivity index (χ3n) is 1.27. The number of carbonyl (C=O) groups excluding carboxylic acids is 1. The molecule has 0 aliphatic heterocycles. The van der Waals surface area contributed by atoms with Crippen LogP contribution in [0.3, 0.4) is 0 Å². The van der Waals surface area contributed by atoms with E-state index in [2.05, 4.69) is 25.7 Å². The van der Waals surface area contributed by atoms with Crippen LogP contribution in [-0.2, 0) is 4.74 Å². The number of esters is 1. The number of methoxy groups -OCH3 is 1. The highest BCUT2D eigenvalue weighted by Gasteiger charge is 2.10. The van der Waals surface area contributed by atoms with Crippen LogP contribution in [0.15, 0.2) is 16.9 Å². The van der Waals surface area contributed by atoms with Crippen molar-refractivity contribution in [3.05, 3.63) is 22.4 Å². The summed E-state index contributed by atoms with van der Waals surface area (Å²) in [6, 6.07) is 1.50. The monoisotopic (exact) mass is 230 g/mol. The van der Waals surface area contributed by atoms with E-state index in [-0.39, 0.29) is 0 Å². The molecule has 0 atom stereocenters. The summed E-state index contributed by atoms with van der Waals surface area (Å²) in [6.07, 6.45) is 1.45. The lowest BCUT2D eigenvalue weighted by atomic mass is 10.3. The number of nitrogens with zero attached hydrogens (tertiary/aromatic N) is 1. The van der Waals surface area contributed by atoms with Crippen LogP contribution in [0.4, 0.5) is 5.69 Å². The SMILES string of the molecule is COC(=O)c1cc(N)cnc1Br. The van der Waals surface area contributed by atoms with Crippen LogP contribution in [0.2, 0.25) is 0 Å². The van der Waals surface area contributed by atoms with Crippen LogP contribution in [0.5, 0.6) is 0 Å². The topological polar surface area (TPSA) is 65.2 Å². The third-order valence-corrected chi connectivity index (χ3v) is 1.90. The first-order chi connectivity index (χ1) is 5.65. The summed E-state index contributed by atoms with van der Waals surface area (Å²) in [6.45, 7) is 0. The summed E-state index contributed by atoms with van der Waals surface area (Å²) in [7, 11) is 1.30. The van der Waals surface area contributed by atoms with Gasteiger partial charge < -0.3 is 10.5 Å². The van der Waals surface area contributed by atoms with E-state index >= 15 is 0 Å². The van der Waals surface area contributed by atoms with Gasteiger partial charge in [-0.05, 0) is 22.0 Å². The molecule has 0 aliphatic carbocycles. The molecular formula is C7H7BrN2O2. The average molecular weight is 231 g/mol. The summed E-state index contributed by atoms with van der Waals surface area (Å²) in [5.74, 6) is -0.457. The van der Waals surface area contributed by atoms with Gasteiger partial charge in [0, 0.05) is 0 Å². The predicted molar refractivity (Wildman–Crippen MR) is 47.7 cm³/mol. The second-order valence-electron chi connectivity index (χ2n) is 2.10. The fourth-order valence-corrected chi connectivity index (χ4v) is 1.10. The van der Waals surface area contributed by atoms with E-state index in [1.54, 1.807) is 0 Å². The van der Waals surface area contributed by atoms with Gasteiger partial charge in [0.15, 0.2) is 0 Å². The van der Waals surface area contributed by atoms with Crippen molar-refractivity contribution in [1.29, 1.82) is 0 Å². The Morgan fingerprint density at radius 1 is 1.75 bits per heavy atom. The standard InChI is InChI=1S/C7H7BrN2O2/c1-12-7(11)5-2-4(9)3-10-6(5)8/h2-3H,9H2,1H3. The van der Waals surface area contributed by atoms with Crippen molar-refractivity contribution in [2.24, 2.45) is 0 Å². The van der Waals surface area contributed by atoms with E-state index in [1.165, 1.54) is 19.4 Å². The molecule has 0 bridgehead atoms. The Labute approximate surface area is 77.9 Å². The van der Waals surface area contributed by atoms with Gasteiger partial charge in [-0.25, -0.2) is 9.78 Å². The number of nitrogen functional groups attached to an aromatic ring is 1. The minimum atomic E-state index is -0.457. The number of aromatic nitrogens is 1. The lowest BCUT2D eigenvalue weighted by Gasteiger charge is -2.01. The Balaban J connectivity index is 3.13. The number of pyridine rings is 1. The highest BCUT2D eigenvalue weighted by atomic mass is 79.9. The third kappa shape index (κ3) is 1.73. The van der Waals surface area contributed by atoms with E-state index in [4.69, 9.17) is 5.73 Å². The molecule has 4 nitrogen and oxygen atoms in total. The highest BCUT2D eigenvalue weighted by molar-refractivity contribution is 9.10. The van der Waals surface area contributed by atoms with Crippen LogP contribution in [-0.4, -0.2) is 18.1 Å². The first kappa shape index (κ1) is 8.99. The molecule has 0 radical (unpaired) electrons. The number of nitrogens with two attached hydrogens (primary N) is 1. The minimum absolute atomic E-state index is 0.331. The second-order valence-corrected chi connectivity index (χ2v) is 2.85. The van der Waals surface area contributed by atoms with Gasteiger partial charge in [-0.2, -0.15) is 0 Å². The molecule has 0 aromatic carbocycles. The van der Waals surface area contributed by atoms with Crippen LogP contribution in [0, 0.1) is 0 Å². The van der Waals surface area contributed by atoms with Crippen LogP contribution < -0.4 is 5.73 Å². The Kier molecular flexibility index (Phi) is 2.65. The maximum absolute atomic E-state index is 11.0. The van der Waals surface area contributed by atoms with Crippen molar-refractivity contribution in [2.45, 2.75) is 0 Å². The van der Waals surface area contributed by atoms with Crippen molar-refractivity contribution in [2.75, 3.05) is 12.8 Å². The fourth-order valence-electron chi connectivity index (χ4n) is 0.717. The van der Waals surface area contributed by atoms with E-state index in [1.807, 2.05) is 0 Å². The van der Waals surface area contributed by atoms with Crippen molar-refractivity contribution < 1.29 is 9.53 Å². The highest BCUT2D eigenvalue weighted by Crippen LogP contribution is 2.16. The Hall–Kier alpha value is -1.10. The van der Waals surface area contributed by atoms with Gasteiger partial charge in [0.2, 0.25) is 0 Å². The zero-order valence-electron chi connectivity index (χ0n) is 6.37. The van der Waals surface area contributed by atoms with Crippen molar-refractivity contribution in [3.8, 4) is 0 Å². The normalized spacial score (nSPS) is 9.50. The summed E-state index contributed by atoms with van der Waals surface area (Å²) in [4.78, 5) is 14.9. The molecule has 0 fully saturated rings. The number of anilines is 1. The zero-order valence-corrected chi connectivity index (χ0v) is 7.96. The second kappa shape index (κ2) is 3.53.